The second-order valence-electron chi connectivity index (χ2n) is 3.33. The first kappa shape index (κ1) is 10.9. The maximum absolute atomic E-state index is 12.6. The zero-order valence-electron chi connectivity index (χ0n) is 8.38. The van der Waals surface area contributed by atoms with Crippen molar-refractivity contribution in [1.82, 2.24) is 5.32 Å². The number of rotatable bonds is 4. The van der Waals surface area contributed by atoms with Gasteiger partial charge in [-0.25, -0.2) is 4.39 Å². The predicted molar refractivity (Wildman–Crippen MR) is 53.8 cm³/mol. The highest BCUT2D eigenvalue weighted by Crippen LogP contribution is 2.09. The smallest absolute Gasteiger partial charge is 0.166 e. The molecule has 3 heteroatoms. The van der Waals surface area contributed by atoms with E-state index in [1.54, 1.807) is 7.05 Å². The summed E-state index contributed by atoms with van der Waals surface area (Å²) in [6.45, 7) is 2.48. The average molecular weight is 195 g/mol. The van der Waals surface area contributed by atoms with Crippen LogP contribution in [-0.4, -0.2) is 19.4 Å². The third-order valence-electron chi connectivity index (χ3n) is 2.09. The molecule has 2 nitrogen and oxygen atoms in total. The second kappa shape index (κ2) is 4.86. The van der Waals surface area contributed by atoms with Crippen LogP contribution < -0.4 is 5.32 Å². The van der Waals surface area contributed by atoms with Crippen LogP contribution >= 0.6 is 0 Å². The SMILES string of the molecule is CNCC(C)C(=O)c1ccc(F)cc1. The topological polar surface area (TPSA) is 29.1 Å². The lowest BCUT2D eigenvalue weighted by Gasteiger charge is -2.09. The van der Waals surface area contributed by atoms with E-state index in [0.717, 1.165) is 0 Å². The van der Waals surface area contributed by atoms with E-state index < -0.39 is 0 Å². The molecule has 0 aliphatic heterocycles. The molecule has 1 aromatic carbocycles. The minimum Gasteiger partial charge on any atom is -0.319 e. The van der Waals surface area contributed by atoms with Crippen molar-refractivity contribution in [2.45, 2.75) is 6.92 Å². The molecule has 0 saturated carbocycles. The summed E-state index contributed by atoms with van der Waals surface area (Å²) in [6.07, 6.45) is 0. The zero-order chi connectivity index (χ0) is 10.6. The van der Waals surface area contributed by atoms with E-state index >= 15 is 0 Å². The first-order valence-electron chi connectivity index (χ1n) is 4.59. The van der Waals surface area contributed by atoms with E-state index in [0.29, 0.717) is 12.1 Å². The van der Waals surface area contributed by atoms with Gasteiger partial charge in [0.15, 0.2) is 5.78 Å². The maximum atomic E-state index is 12.6. The van der Waals surface area contributed by atoms with Crippen LogP contribution in [0.2, 0.25) is 0 Å². The molecule has 76 valence electrons. The van der Waals surface area contributed by atoms with Crippen LogP contribution in [0.5, 0.6) is 0 Å². The molecule has 0 saturated heterocycles. The first-order chi connectivity index (χ1) is 6.65. The predicted octanol–water partition coefficient (Wildman–Crippen LogP) is 1.86. The van der Waals surface area contributed by atoms with E-state index in [1.165, 1.54) is 24.3 Å². The molecule has 0 aliphatic rings. The van der Waals surface area contributed by atoms with Crippen molar-refractivity contribution in [2.24, 2.45) is 5.92 Å². The molecule has 0 radical (unpaired) electrons. The molecule has 1 aromatic rings. The number of Topliss-reactive ketones (excluding diaryl/α,β-unsaturated/α-hetero) is 1. The van der Waals surface area contributed by atoms with Crippen LogP contribution in [0.4, 0.5) is 4.39 Å². The molecule has 0 fully saturated rings. The fourth-order valence-electron chi connectivity index (χ4n) is 1.30. The number of nitrogens with one attached hydrogen (secondary N) is 1. The molecule has 0 spiro atoms. The van der Waals surface area contributed by atoms with Crippen molar-refractivity contribution >= 4 is 5.78 Å². The molecular formula is C11H14FNO. The third-order valence-corrected chi connectivity index (χ3v) is 2.09. The number of benzene rings is 1. The fourth-order valence-corrected chi connectivity index (χ4v) is 1.30. The minimum atomic E-state index is -0.317. The van der Waals surface area contributed by atoms with Gasteiger partial charge in [-0.2, -0.15) is 0 Å². The van der Waals surface area contributed by atoms with Gasteiger partial charge in [0, 0.05) is 18.0 Å². The van der Waals surface area contributed by atoms with Gasteiger partial charge in [0.25, 0.3) is 0 Å². The summed E-state index contributed by atoms with van der Waals surface area (Å²) in [5, 5.41) is 2.93. The van der Waals surface area contributed by atoms with Gasteiger partial charge in [0.05, 0.1) is 0 Å². The van der Waals surface area contributed by atoms with E-state index in [2.05, 4.69) is 5.32 Å². The highest BCUT2D eigenvalue weighted by atomic mass is 19.1. The van der Waals surface area contributed by atoms with Crippen LogP contribution in [0.3, 0.4) is 0 Å². The van der Waals surface area contributed by atoms with Gasteiger partial charge < -0.3 is 5.32 Å². The van der Waals surface area contributed by atoms with Gasteiger partial charge in [-0.05, 0) is 31.3 Å². The molecule has 0 heterocycles. The molecule has 0 bridgehead atoms. The summed E-state index contributed by atoms with van der Waals surface area (Å²) in [7, 11) is 1.80. The van der Waals surface area contributed by atoms with Gasteiger partial charge in [-0.1, -0.05) is 6.92 Å². The quantitative estimate of drug-likeness (QED) is 0.743. The van der Waals surface area contributed by atoms with Crippen molar-refractivity contribution in [2.75, 3.05) is 13.6 Å². The Kier molecular flexibility index (Phi) is 3.77. The molecular weight excluding hydrogens is 181 g/mol. The minimum absolute atomic E-state index is 0.0411. The Morgan fingerprint density at radius 2 is 2.00 bits per heavy atom. The van der Waals surface area contributed by atoms with Crippen LogP contribution in [0.1, 0.15) is 17.3 Å². The van der Waals surface area contributed by atoms with E-state index in [-0.39, 0.29) is 17.5 Å². The molecule has 0 aliphatic carbocycles. The average Bonchev–Trinajstić information content (AvgIpc) is 2.18. The monoisotopic (exact) mass is 195 g/mol. The lowest BCUT2D eigenvalue weighted by atomic mass is 9.99. The largest absolute Gasteiger partial charge is 0.319 e. The molecule has 0 amide bonds. The number of ketones is 1. The summed E-state index contributed by atoms with van der Waals surface area (Å²) >= 11 is 0. The van der Waals surface area contributed by atoms with Gasteiger partial charge in [-0.3, -0.25) is 4.79 Å². The van der Waals surface area contributed by atoms with Gasteiger partial charge in [0.1, 0.15) is 5.82 Å². The summed E-state index contributed by atoms with van der Waals surface area (Å²) in [5.74, 6) is -0.354. The van der Waals surface area contributed by atoms with Gasteiger partial charge in [-0.15, -0.1) is 0 Å². The lowest BCUT2D eigenvalue weighted by Crippen LogP contribution is -2.23. The van der Waals surface area contributed by atoms with Crippen molar-refractivity contribution in [3.8, 4) is 0 Å². The normalized spacial score (nSPS) is 12.5. The third kappa shape index (κ3) is 2.64. The summed E-state index contributed by atoms with van der Waals surface area (Å²) in [6, 6.07) is 5.65. The molecule has 1 N–H and O–H groups in total. The summed E-state index contributed by atoms with van der Waals surface area (Å²) in [4.78, 5) is 11.7. The van der Waals surface area contributed by atoms with Crippen molar-refractivity contribution in [1.29, 1.82) is 0 Å². The molecule has 0 aromatic heterocycles. The Morgan fingerprint density at radius 3 is 2.50 bits per heavy atom. The molecule has 1 unspecified atom stereocenters. The van der Waals surface area contributed by atoms with Crippen molar-refractivity contribution in [3.63, 3.8) is 0 Å². The second-order valence-corrected chi connectivity index (χ2v) is 3.33. The van der Waals surface area contributed by atoms with Crippen LogP contribution in [0.15, 0.2) is 24.3 Å². The van der Waals surface area contributed by atoms with Crippen molar-refractivity contribution in [3.05, 3.63) is 35.6 Å². The summed E-state index contributed by atoms with van der Waals surface area (Å²) in [5.41, 5.74) is 0.564. The maximum Gasteiger partial charge on any atom is 0.166 e. The lowest BCUT2D eigenvalue weighted by molar-refractivity contribution is 0.0930. The van der Waals surface area contributed by atoms with Gasteiger partial charge >= 0.3 is 0 Å². The molecule has 14 heavy (non-hydrogen) atoms. The first-order valence-corrected chi connectivity index (χ1v) is 4.59. The van der Waals surface area contributed by atoms with Crippen molar-refractivity contribution < 1.29 is 9.18 Å². The van der Waals surface area contributed by atoms with Crippen LogP contribution in [0, 0.1) is 11.7 Å². The molecule has 1 rings (SSSR count). The van der Waals surface area contributed by atoms with E-state index in [1.807, 2.05) is 6.92 Å². The van der Waals surface area contributed by atoms with Crippen LogP contribution in [-0.2, 0) is 0 Å². The highest BCUT2D eigenvalue weighted by Gasteiger charge is 2.13. The Morgan fingerprint density at radius 1 is 1.43 bits per heavy atom. The number of carbonyl (C=O) groups is 1. The van der Waals surface area contributed by atoms with E-state index in [4.69, 9.17) is 0 Å². The fraction of sp³-hybridized carbons (Fsp3) is 0.364. The number of carbonyl (C=O) groups excluding carboxylic acids is 1. The number of hydrogen-bond acceptors (Lipinski definition) is 2. The van der Waals surface area contributed by atoms with Gasteiger partial charge in [0.2, 0.25) is 0 Å². The Balaban J connectivity index is 2.74. The Bertz CT molecular complexity index is 308. The standard InChI is InChI=1S/C11H14FNO/c1-8(7-13-2)11(14)9-3-5-10(12)6-4-9/h3-6,8,13H,7H2,1-2H3. The number of hydrogen-bond donors (Lipinski definition) is 1. The number of halogens is 1. The Labute approximate surface area is 83.1 Å². The highest BCUT2D eigenvalue weighted by molar-refractivity contribution is 5.97. The Hall–Kier alpha value is -1.22. The summed E-state index contributed by atoms with van der Waals surface area (Å²) < 4.78 is 12.6. The van der Waals surface area contributed by atoms with Crippen LogP contribution in [0.25, 0.3) is 0 Å². The van der Waals surface area contributed by atoms with E-state index in [9.17, 15) is 9.18 Å². The zero-order valence-corrected chi connectivity index (χ0v) is 8.38. The molecule has 1 atom stereocenters.